The molecule has 0 bridgehead atoms. The average molecular weight is 297 g/mol. The molecule has 0 unspecified atom stereocenters. The molecule has 0 aliphatic heterocycles. The van der Waals surface area contributed by atoms with E-state index in [4.69, 9.17) is 22.1 Å². The van der Waals surface area contributed by atoms with Crippen molar-refractivity contribution in [1.82, 2.24) is 4.98 Å². The summed E-state index contributed by atoms with van der Waals surface area (Å²) < 4.78 is 5.40. The van der Waals surface area contributed by atoms with Gasteiger partial charge < -0.3 is 10.5 Å². The second kappa shape index (κ2) is 5.90. The molecule has 3 nitrogen and oxygen atoms in total. The number of thiazole rings is 1. The van der Waals surface area contributed by atoms with E-state index in [0.717, 1.165) is 39.0 Å². The van der Waals surface area contributed by atoms with Gasteiger partial charge in [-0.15, -0.1) is 11.3 Å². The van der Waals surface area contributed by atoms with Crippen molar-refractivity contribution in [3.8, 4) is 5.75 Å². The van der Waals surface area contributed by atoms with E-state index in [-0.39, 0.29) is 0 Å². The number of methoxy groups -OCH3 is 1. The fourth-order valence-corrected chi connectivity index (χ4v) is 3.09. The Hall–Kier alpha value is -1.10. The quantitative estimate of drug-likeness (QED) is 0.940. The zero-order chi connectivity index (χ0) is 14.0. The van der Waals surface area contributed by atoms with Crippen LogP contribution in [-0.2, 0) is 13.0 Å². The van der Waals surface area contributed by atoms with Gasteiger partial charge in [-0.25, -0.2) is 4.98 Å². The number of halogens is 1. The number of rotatable bonds is 4. The van der Waals surface area contributed by atoms with Crippen LogP contribution in [0.4, 0.5) is 0 Å². The molecule has 0 spiro atoms. The Labute approximate surface area is 122 Å². The molecule has 0 atom stereocenters. The van der Waals surface area contributed by atoms with Gasteiger partial charge in [-0.2, -0.15) is 0 Å². The molecule has 0 radical (unpaired) electrons. The summed E-state index contributed by atoms with van der Waals surface area (Å²) in [6, 6.07) is 3.94. The number of aryl methyl sites for hydroxylation is 2. The molecule has 0 aliphatic rings. The zero-order valence-corrected chi connectivity index (χ0v) is 12.9. The van der Waals surface area contributed by atoms with Crippen molar-refractivity contribution in [2.75, 3.05) is 7.11 Å². The first kappa shape index (κ1) is 14.3. The summed E-state index contributed by atoms with van der Waals surface area (Å²) in [6.45, 7) is 4.50. The summed E-state index contributed by atoms with van der Waals surface area (Å²) in [5, 5.41) is 1.70. The Kier molecular flexibility index (Phi) is 4.45. The Morgan fingerprint density at radius 3 is 2.68 bits per heavy atom. The first-order valence-corrected chi connectivity index (χ1v) is 7.22. The summed E-state index contributed by atoms with van der Waals surface area (Å²) in [5.74, 6) is 0.817. The number of aromatic nitrogens is 1. The van der Waals surface area contributed by atoms with Crippen molar-refractivity contribution in [1.29, 1.82) is 0 Å². The lowest BCUT2D eigenvalue weighted by molar-refractivity contribution is 0.410. The molecular formula is C14H17ClN2OS. The van der Waals surface area contributed by atoms with Crippen molar-refractivity contribution in [2.45, 2.75) is 26.8 Å². The second-order valence-corrected chi connectivity index (χ2v) is 5.99. The molecule has 2 rings (SSSR count). The molecule has 1 aromatic heterocycles. The molecule has 2 N–H and O–H groups in total. The van der Waals surface area contributed by atoms with E-state index in [0.29, 0.717) is 6.54 Å². The van der Waals surface area contributed by atoms with E-state index in [9.17, 15) is 0 Å². The van der Waals surface area contributed by atoms with Crippen molar-refractivity contribution < 1.29 is 4.74 Å². The first-order valence-electron chi connectivity index (χ1n) is 6.03. The average Bonchev–Trinajstić information content (AvgIpc) is 2.74. The minimum Gasteiger partial charge on any atom is -0.496 e. The van der Waals surface area contributed by atoms with E-state index >= 15 is 0 Å². The molecule has 19 heavy (non-hydrogen) atoms. The molecule has 0 amide bonds. The number of nitrogens with two attached hydrogens (primary N) is 1. The van der Waals surface area contributed by atoms with Gasteiger partial charge in [-0.05, 0) is 31.0 Å². The highest BCUT2D eigenvalue weighted by Crippen LogP contribution is 2.30. The smallest absolute Gasteiger partial charge is 0.123 e. The highest BCUT2D eigenvalue weighted by atomic mass is 35.5. The summed E-state index contributed by atoms with van der Waals surface area (Å²) in [7, 11) is 1.66. The number of ether oxygens (including phenoxy) is 1. The predicted octanol–water partition coefficient (Wildman–Crippen LogP) is 3.47. The third kappa shape index (κ3) is 3.08. The van der Waals surface area contributed by atoms with Crippen LogP contribution in [0.1, 0.15) is 26.7 Å². The second-order valence-electron chi connectivity index (χ2n) is 4.41. The van der Waals surface area contributed by atoms with Crippen molar-refractivity contribution in [3.63, 3.8) is 0 Å². The van der Waals surface area contributed by atoms with Gasteiger partial charge in [0.05, 0.1) is 12.8 Å². The van der Waals surface area contributed by atoms with Crippen LogP contribution in [-0.4, -0.2) is 12.1 Å². The fourth-order valence-electron chi connectivity index (χ4n) is 1.96. The molecule has 1 heterocycles. The first-order chi connectivity index (χ1) is 9.05. The Morgan fingerprint density at radius 2 is 2.11 bits per heavy atom. The van der Waals surface area contributed by atoms with Crippen LogP contribution in [0, 0.1) is 13.8 Å². The van der Waals surface area contributed by atoms with E-state index < -0.39 is 0 Å². The standard InChI is InChI=1S/C14H17ClN2OS/c1-8-4-10(12(18-3)6-11(8)15)5-13-9(2)17-14(7-16)19-13/h4,6H,5,7,16H2,1-3H3. The maximum absolute atomic E-state index is 6.12. The number of hydrogen-bond donors (Lipinski definition) is 1. The molecule has 0 fully saturated rings. The van der Waals surface area contributed by atoms with Gasteiger partial charge in [0.15, 0.2) is 0 Å². The summed E-state index contributed by atoms with van der Waals surface area (Å²) in [4.78, 5) is 5.67. The summed E-state index contributed by atoms with van der Waals surface area (Å²) >= 11 is 7.78. The maximum Gasteiger partial charge on any atom is 0.123 e. The number of hydrogen-bond acceptors (Lipinski definition) is 4. The van der Waals surface area contributed by atoms with E-state index in [2.05, 4.69) is 11.1 Å². The van der Waals surface area contributed by atoms with Crippen molar-refractivity contribution in [2.24, 2.45) is 5.73 Å². The SMILES string of the molecule is COc1cc(Cl)c(C)cc1Cc1sc(CN)nc1C. The van der Waals surface area contributed by atoms with Crippen LogP contribution in [0.2, 0.25) is 5.02 Å². The molecule has 2 aromatic rings. The van der Waals surface area contributed by atoms with Crippen LogP contribution >= 0.6 is 22.9 Å². The van der Waals surface area contributed by atoms with Gasteiger partial charge in [0, 0.05) is 22.9 Å². The minimum absolute atomic E-state index is 0.488. The monoisotopic (exact) mass is 296 g/mol. The molecule has 102 valence electrons. The zero-order valence-electron chi connectivity index (χ0n) is 11.3. The van der Waals surface area contributed by atoms with Crippen LogP contribution < -0.4 is 10.5 Å². The van der Waals surface area contributed by atoms with Crippen molar-refractivity contribution >= 4 is 22.9 Å². The lowest BCUT2D eigenvalue weighted by atomic mass is 10.1. The molecule has 1 aromatic carbocycles. The van der Waals surface area contributed by atoms with E-state index in [1.807, 2.05) is 19.9 Å². The topological polar surface area (TPSA) is 48.1 Å². The van der Waals surface area contributed by atoms with Gasteiger partial charge >= 0.3 is 0 Å². The third-order valence-electron chi connectivity index (χ3n) is 3.02. The van der Waals surface area contributed by atoms with E-state index in [1.54, 1.807) is 18.4 Å². The van der Waals surface area contributed by atoms with Crippen LogP contribution in [0.3, 0.4) is 0 Å². The molecular weight excluding hydrogens is 280 g/mol. The highest BCUT2D eigenvalue weighted by Gasteiger charge is 2.12. The normalized spacial score (nSPS) is 10.8. The summed E-state index contributed by atoms with van der Waals surface area (Å²) in [6.07, 6.45) is 0.796. The number of nitrogens with zero attached hydrogens (tertiary/aromatic N) is 1. The van der Waals surface area contributed by atoms with Gasteiger partial charge in [-0.3, -0.25) is 0 Å². The Morgan fingerprint density at radius 1 is 1.37 bits per heavy atom. The van der Waals surface area contributed by atoms with Crippen LogP contribution in [0.15, 0.2) is 12.1 Å². The fraction of sp³-hybridized carbons (Fsp3) is 0.357. The largest absolute Gasteiger partial charge is 0.496 e. The van der Waals surface area contributed by atoms with Gasteiger partial charge in [0.25, 0.3) is 0 Å². The maximum atomic E-state index is 6.12. The molecule has 0 saturated heterocycles. The van der Waals surface area contributed by atoms with Gasteiger partial charge in [0.2, 0.25) is 0 Å². The Bertz CT molecular complexity index is 595. The number of benzene rings is 1. The van der Waals surface area contributed by atoms with E-state index in [1.165, 1.54) is 4.88 Å². The van der Waals surface area contributed by atoms with Crippen LogP contribution in [0.25, 0.3) is 0 Å². The summed E-state index contributed by atoms with van der Waals surface area (Å²) in [5.41, 5.74) is 8.85. The molecule has 0 saturated carbocycles. The minimum atomic E-state index is 0.488. The molecule has 0 aliphatic carbocycles. The third-order valence-corrected chi connectivity index (χ3v) is 4.61. The molecule has 5 heteroatoms. The van der Waals surface area contributed by atoms with Gasteiger partial charge in [-0.1, -0.05) is 17.7 Å². The Balaban J connectivity index is 2.36. The lowest BCUT2D eigenvalue weighted by Crippen LogP contribution is -1.95. The van der Waals surface area contributed by atoms with Gasteiger partial charge in [0.1, 0.15) is 10.8 Å². The van der Waals surface area contributed by atoms with Crippen molar-refractivity contribution in [3.05, 3.63) is 43.9 Å². The predicted molar refractivity (Wildman–Crippen MR) is 80.3 cm³/mol. The highest BCUT2D eigenvalue weighted by molar-refractivity contribution is 7.11. The van der Waals surface area contributed by atoms with Crippen LogP contribution in [0.5, 0.6) is 5.75 Å². The lowest BCUT2D eigenvalue weighted by Gasteiger charge is -2.10.